The van der Waals surface area contributed by atoms with Gasteiger partial charge in [-0.25, -0.2) is 26.6 Å². The summed E-state index contributed by atoms with van der Waals surface area (Å²) >= 11 is 5.81. The van der Waals surface area contributed by atoms with Crippen molar-refractivity contribution < 1.29 is 44.3 Å². The third-order valence-corrected chi connectivity index (χ3v) is 6.78. The summed E-state index contributed by atoms with van der Waals surface area (Å²) in [6.07, 6.45) is -3.61. The van der Waals surface area contributed by atoms with E-state index in [0.717, 1.165) is 37.6 Å². The third-order valence-electron chi connectivity index (χ3n) is 5.21. The van der Waals surface area contributed by atoms with Crippen molar-refractivity contribution in [3.63, 3.8) is 0 Å². The molecule has 0 bridgehead atoms. The zero-order valence-corrected chi connectivity index (χ0v) is 20.8. The Labute approximate surface area is 220 Å². The highest BCUT2D eigenvalue weighted by molar-refractivity contribution is 7.92. The Bertz CT molecular complexity index is 1710. The number of methoxy groups -OCH3 is 1. The van der Waals surface area contributed by atoms with Crippen molar-refractivity contribution in [1.29, 1.82) is 0 Å². The summed E-state index contributed by atoms with van der Waals surface area (Å²) in [5, 5.41) is 6.85. The third kappa shape index (κ3) is 5.56. The van der Waals surface area contributed by atoms with Crippen LogP contribution >= 0.6 is 11.6 Å². The van der Waals surface area contributed by atoms with Crippen molar-refractivity contribution in [3.8, 4) is 17.0 Å². The first-order valence-electron chi connectivity index (χ1n) is 10.5. The maximum atomic E-state index is 15.4. The molecule has 0 spiro atoms. The molecular weight excluding hydrogens is 580 g/mol. The number of nitrogens with zero attached hydrogens (tertiary/aromatic N) is 2. The van der Waals surface area contributed by atoms with Crippen LogP contribution in [0, 0.1) is 17.5 Å². The van der Waals surface area contributed by atoms with Crippen LogP contribution in [-0.2, 0) is 10.0 Å². The number of nitrogens with one attached hydrogen (secondary N) is 3. The number of H-pyrrole nitrogens is 1. The van der Waals surface area contributed by atoms with Crippen molar-refractivity contribution in [2.75, 3.05) is 18.4 Å². The molecule has 3 N–H and O–H groups in total. The summed E-state index contributed by atoms with van der Waals surface area (Å²) in [5.41, 5.74) is -3.59. The van der Waals surface area contributed by atoms with Crippen LogP contribution in [0.3, 0.4) is 0 Å². The molecule has 4 rings (SSSR count). The van der Waals surface area contributed by atoms with Crippen molar-refractivity contribution in [3.05, 3.63) is 64.7 Å². The zero-order valence-electron chi connectivity index (χ0n) is 19.3. The number of amides is 1. The number of carbonyl (C=O) groups is 1. The number of hydrogen-bond donors (Lipinski definition) is 3. The largest absolute Gasteiger partial charge is 0.480 e. The number of anilines is 1. The van der Waals surface area contributed by atoms with Crippen molar-refractivity contribution in [2.24, 2.45) is 0 Å². The molecule has 0 saturated heterocycles. The minimum Gasteiger partial charge on any atom is -0.480 e. The van der Waals surface area contributed by atoms with Gasteiger partial charge in [-0.05, 0) is 24.3 Å². The minimum absolute atomic E-state index is 0.0853. The van der Waals surface area contributed by atoms with Gasteiger partial charge in [-0.1, -0.05) is 17.7 Å². The second kappa shape index (κ2) is 10.3. The molecule has 0 unspecified atom stereocenters. The predicted molar refractivity (Wildman–Crippen MR) is 126 cm³/mol. The van der Waals surface area contributed by atoms with E-state index in [1.807, 2.05) is 4.72 Å². The lowest BCUT2D eigenvalue weighted by Gasteiger charge is -2.14. The molecule has 206 valence electrons. The van der Waals surface area contributed by atoms with Crippen LogP contribution in [0.25, 0.3) is 22.0 Å². The van der Waals surface area contributed by atoms with Gasteiger partial charge in [-0.2, -0.15) is 18.3 Å². The normalized spacial score (nSPS) is 12.0. The number of alkyl halides is 3. The Kier molecular flexibility index (Phi) is 7.36. The van der Waals surface area contributed by atoms with Gasteiger partial charge >= 0.3 is 6.18 Å². The molecule has 0 aliphatic heterocycles. The molecule has 1 amide bonds. The second-order valence-corrected chi connectivity index (χ2v) is 9.86. The summed E-state index contributed by atoms with van der Waals surface area (Å²) in [6, 6.07) is 4.28. The minimum atomic E-state index is -4.71. The maximum Gasteiger partial charge on any atom is 0.405 e. The lowest BCUT2D eigenvalue weighted by Crippen LogP contribution is -2.34. The van der Waals surface area contributed by atoms with Crippen molar-refractivity contribution >= 4 is 44.1 Å². The summed E-state index contributed by atoms with van der Waals surface area (Å²) in [6.45, 7) is -1.67. The lowest BCUT2D eigenvalue weighted by molar-refractivity contribution is -0.123. The molecule has 0 fully saturated rings. The monoisotopic (exact) mass is 593 g/mol. The van der Waals surface area contributed by atoms with E-state index in [2.05, 4.69) is 15.2 Å². The fraction of sp³-hybridized carbons (Fsp3) is 0.136. The molecule has 2 aromatic heterocycles. The number of rotatable bonds is 7. The number of pyridine rings is 1. The van der Waals surface area contributed by atoms with Crippen molar-refractivity contribution in [2.45, 2.75) is 11.1 Å². The standard InChI is InChI=1S/C22H14ClF6N5O4S/c1-38-21-14(6-9(23)7-30-21)39(36,37)34-13-5-4-12(24)15(17(13)26)10-2-3-11-18(16(10)25)32-33-19(11)20(35)31-8-22(27,28)29/h2-7,34H,8H2,1H3,(H,31,35)(H,32,33). The summed E-state index contributed by atoms with van der Waals surface area (Å²) in [5.74, 6) is -5.74. The van der Waals surface area contributed by atoms with Gasteiger partial charge in [0.2, 0.25) is 5.88 Å². The Balaban J connectivity index is 1.74. The maximum absolute atomic E-state index is 15.4. The van der Waals surface area contributed by atoms with Crippen molar-refractivity contribution in [1.82, 2.24) is 20.5 Å². The summed E-state index contributed by atoms with van der Waals surface area (Å²) in [4.78, 5) is 15.2. The fourth-order valence-electron chi connectivity index (χ4n) is 3.52. The molecule has 2 heterocycles. The topological polar surface area (TPSA) is 126 Å². The van der Waals surface area contributed by atoms with Crippen LogP contribution < -0.4 is 14.8 Å². The predicted octanol–water partition coefficient (Wildman–Crippen LogP) is 4.80. The number of hydrogen-bond acceptors (Lipinski definition) is 6. The highest BCUT2D eigenvalue weighted by Crippen LogP contribution is 2.36. The lowest BCUT2D eigenvalue weighted by atomic mass is 10.0. The molecule has 4 aromatic rings. The SMILES string of the molecule is COc1ncc(Cl)cc1S(=O)(=O)Nc1ccc(F)c(-c2ccc3c(C(=O)NCC(F)(F)F)n[nH]c3c2F)c1F. The van der Waals surface area contributed by atoms with Crippen LogP contribution in [-0.4, -0.2) is 49.3 Å². The number of halogens is 7. The van der Waals surface area contributed by atoms with Gasteiger partial charge in [0, 0.05) is 17.1 Å². The smallest absolute Gasteiger partial charge is 0.405 e. The van der Waals surface area contributed by atoms with E-state index in [9.17, 15) is 30.8 Å². The number of benzene rings is 2. The number of carbonyl (C=O) groups excluding carboxylic acids is 1. The molecular formula is C22H14ClF6N5O4S. The van der Waals surface area contributed by atoms with E-state index in [4.69, 9.17) is 16.3 Å². The quantitative estimate of drug-likeness (QED) is 0.264. The zero-order chi connectivity index (χ0) is 28.7. The average Bonchev–Trinajstić information content (AvgIpc) is 3.30. The molecule has 0 aliphatic rings. The van der Waals surface area contributed by atoms with Gasteiger partial charge in [-0.15, -0.1) is 0 Å². The Hall–Kier alpha value is -4.05. The van der Waals surface area contributed by atoms with E-state index in [-0.39, 0.29) is 16.3 Å². The van der Waals surface area contributed by atoms with Crippen LogP contribution in [0.15, 0.2) is 41.4 Å². The van der Waals surface area contributed by atoms with Gasteiger partial charge < -0.3 is 10.1 Å². The number of aromatic nitrogens is 3. The van der Waals surface area contributed by atoms with Crippen LogP contribution in [0.1, 0.15) is 10.5 Å². The van der Waals surface area contributed by atoms with Crippen LogP contribution in [0.4, 0.5) is 32.0 Å². The van der Waals surface area contributed by atoms with E-state index >= 15 is 8.78 Å². The van der Waals surface area contributed by atoms with E-state index in [1.54, 1.807) is 5.32 Å². The summed E-state index contributed by atoms with van der Waals surface area (Å²) in [7, 11) is -3.47. The summed E-state index contributed by atoms with van der Waals surface area (Å²) < 4.78 is 115. The molecule has 9 nitrogen and oxygen atoms in total. The van der Waals surface area contributed by atoms with E-state index in [0.29, 0.717) is 6.07 Å². The molecule has 0 atom stereocenters. The fourth-order valence-corrected chi connectivity index (χ4v) is 4.94. The Morgan fingerprint density at radius 1 is 1.13 bits per heavy atom. The molecule has 0 radical (unpaired) electrons. The molecule has 2 aromatic carbocycles. The Morgan fingerprint density at radius 2 is 1.85 bits per heavy atom. The first-order valence-corrected chi connectivity index (χ1v) is 12.3. The van der Waals surface area contributed by atoms with Crippen LogP contribution in [0.5, 0.6) is 5.88 Å². The van der Waals surface area contributed by atoms with Gasteiger partial charge in [0.1, 0.15) is 17.9 Å². The first-order chi connectivity index (χ1) is 18.2. The molecule has 17 heteroatoms. The van der Waals surface area contributed by atoms with Gasteiger partial charge in [0.15, 0.2) is 22.2 Å². The number of fused-ring (bicyclic) bond motifs is 1. The number of sulfonamides is 1. The van der Waals surface area contributed by atoms with Crippen LogP contribution in [0.2, 0.25) is 5.02 Å². The number of ether oxygens (including phenoxy) is 1. The highest BCUT2D eigenvalue weighted by Gasteiger charge is 2.30. The van der Waals surface area contributed by atoms with Gasteiger partial charge in [0.25, 0.3) is 15.9 Å². The van der Waals surface area contributed by atoms with E-state index < -0.39 is 79.0 Å². The average molecular weight is 594 g/mol. The molecule has 0 aliphatic carbocycles. The Morgan fingerprint density at radius 3 is 2.51 bits per heavy atom. The highest BCUT2D eigenvalue weighted by atomic mass is 35.5. The molecule has 39 heavy (non-hydrogen) atoms. The molecule has 0 saturated carbocycles. The van der Waals surface area contributed by atoms with Gasteiger partial charge in [-0.3, -0.25) is 14.6 Å². The number of aromatic amines is 1. The van der Waals surface area contributed by atoms with E-state index in [1.165, 1.54) is 0 Å². The first kappa shape index (κ1) is 28.0. The van der Waals surface area contributed by atoms with Gasteiger partial charge in [0.05, 0.1) is 23.4 Å². The second-order valence-electron chi connectivity index (χ2n) is 7.77.